The Balaban J connectivity index is 2.41. The summed E-state index contributed by atoms with van der Waals surface area (Å²) in [6.45, 7) is 6.05. The minimum Gasteiger partial charge on any atom is -0.380 e. The summed E-state index contributed by atoms with van der Waals surface area (Å²) < 4.78 is 19.1. The Kier molecular flexibility index (Phi) is 5.95. The van der Waals surface area contributed by atoms with Gasteiger partial charge in [0.2, 0.25) is 0 Å². The Morgan fingerprint density at radius 3 is 2.81 bits per heavy atom. The van der Waals surface area contributed by atoms with Gasteiger partial charge in [-0.2, -0.15) is 0 Å². The molecule has 1 rings (SSSR count). The zero-order valence-electron chi connectivity index (χ0n) is 9.59. The van der Waals surface area contributed by atoms with Gasteiger partial charge in [0.15, 0.2) is 0 Å². The van der Waals surface area contributed by atoms with Crippen molar-refractivity contribution in [3.8, 4) is 0 Å². The highest BCUT2D eigenvalue weighted by Crippen LogP contribution is 2.14. The third-order valence-corrected chi connectivity index (χ3v) is 2.61. The highest BCUT2D eigenvalue weighted by molar-refractivity contribution is 9.10. The Labute approximate surface area is 104 Å². The fourth-order valence-corrected chi connectivity index (χ4v) is 1.87. The van der Waals surface area contributed by atoms with Crippen LogP contribution in [0.15, 0.2) is 22.7 Å². The molecule has 0 saturated carbocycles. The number of halogens is 2. The van der Waals surface area contributed by atoms with Gasteiger partial charge in [-0.1, -0.05) is 15.9 Å². The Bertz CT molecular complexity index is 313. The van der Waals surface area contributed by atoms with Crippen LogP contribution in [0.3, 0.4) is 0 Å². The molecule has 0 saturated heterocycles. The van der Waals surface area contributed by atoms with Crippen LogP contribution in [0.4, 0.5) is 4.39 Å². The van der Waals surface area contributed by atoms with Crippen LogP contribution in [0.25, 0.3) is 0 Å². The van der Waals surface area contributed by atoms with E-state index >= 15 is 0 Å². The number of rotatable bonds is 6. The molecule has 0 amide bonds. The molecule has 0 bridgehead atoms. The lowest BCUT2D eigenvalue weighted by Gasteiger charge is -2.13. The first-order chi connectivity index (χ1) is 7.61. The number of benzene rings is 1. The monoisotopic (exact) mass is 289 g/mol. The van der Waals surface area contributed by atoms with Gasteiger partial charge in [-0.25, -0.2) is 4.39 Å². The Morgan fingerprint density at radius 2 is 2.19 bits per heavy atom. The molecule has 90 valence electrons. The van der Waals surface area contributed by atoms with Crippen molar-refractivity contribution in [1.82, 2.24) is 5.32 Å². The summed E-state index contributed by atoms with van der Waals surface area (Å²) in [5, 5.41) is 3.28. The summed E-state index contributed by atoms with van der Waals surface area (Å²) in [7, 11) is 0. The minimum absolute atomic E-state index is 0.219. The van der Waals surface area contributed by atoms with Crippen LogP contribution in [-0.4, -0.2) is 19.3 Å². The lowest BCUT2D eigenvalue weighted by Crippen LogP contribution is -2.30. The number of nitrogens with one attached hydrogen (secondary N) is 1. The van der Waals surface area contributed by atoms with Gasteiger partial charge < -0.3 is 10.1 Å². The topological polar surface area (TPSA) is 21.3 Å². The maximum atomic E-state index is 13.1. The molecule has 1 aromatic rings. The molecule has 1 atom stereocenters. The molecule has 2 nitrogen and oxygen atoms in total. The number of hydrogen-bond donors (Lipinski definition) is 1. The van der Waals surface area contributed by atoms with Gasteiger partial charge in [-0.3, -0.25) is 0 Å². The van der Waals surface area contributed by atoms with Gasteiger partial charge in [0.25, 0.3) is 0 Å². The zero-order valence-corrected chi connectivity index (χ0v) is 11.2. The van der Waals surface area contributed by atoms with Gasteiger partial charge in [0.05, 0.1) is 6.61 Å². The lowest BCUT2D eigenvalue weighted by molar-refractivity contribution is 0.127. The smallest absolute Gasteiger partial charge is 0.124 e. The van der Waals surface area contributed by atoms with Gasteiger partial charge in [-0.15, -0.1) is 0 Å². The molecule has 1 aromatic carbocycles. The molecular formula is C12H17BrFNO. The average Bonchev–Trinajstić information content (AvgIpc) is 2.22. The van der Waals surface area contributed by atoms with E-state index in [0.717, 1.165) is 16.6 Å². The maximum Gasteiger partial charge on any atom is 0.124 e. The summed E-state index contributed by atoms with van der Waals surface area (Å²) in [5.41, 5.74) is 0.926. The van der Waals surface area contributed by atoms with Crippen LogP contribution in [0.2, 0.25) is 0 Å². The summed E-state index contributed by atoms with van der Waals surface area (Å²) >= 11 is 3.27. The van der Waals surface area contributed by atoms with Crippen molar-refractivity contribution in [1.29, 1.82) is 0 Å². The van der Waals surface area contributed by atoms with E-state index in [2.05, 4.69) is 21.2 Å². The highest BCUT2D eigenvalue weighted by atomic mass is 79.9. The van der Waals surface area contributed by atoms with Crippen molar-refractivity contribution in [2.45, 2.75) is 26.4 Å². The van der Waals surface area contributed by atoms with E-state index in [-0.39, 0.29) is 11.9 Å². The Morgan fingerprint density at radius 1 is 1.44 bits per heavy atom. The third-order valence-electron chi connectivity index (χ3n) is 2.15. The summed E-state index contributed by atoms with van der Waals surface area (Å²) in [4.78, 5) is 0. The molecule has 4 heteroatoms. The van der Waals surface area contributed by atoms with E-state index in [9.17, 15) is 4.39 Å². The van der Waals surface area contributed by atoms with E-state index in [1.807, 2.05) is 19.9 Å². The first-order valence-electron chi connectivity index (χ1n) is 5.38. The van der Waals surface area contributed by atoms with Crippen LogP contribution >= 0.6 is 15.9 Å². The quantitative estimate of drug-likeness (QED) is 0.869. The fourth-order valence-electron chi connectivity index (χ4n) is 1.36. The first-order valence-corrected chi connectivity index (χ1v) is 6.17. The summed E-state index contributed by atoms with van der Waals surface area (Å²) in [6, 6.07) is 5.16. The van der Waals surface area contributed by atoms with E-state index < -0.39 is 0 Å². The third kappa shape index (κ3) is 5.05. The molecule has 0 aliphatic rings. The van der Waals surface area contributed by atoms with Crippen LogP contribution in [0, 0.1) is 5.82 Å². The van der Waals surface area contributed by atoms with Crippen molar-refractivity contribution in [3.05, 3.63) is 34.1 Å². The van der Waals surface area contributed by atoms with E-state index in [1.165, 1.54) is 12.1 Å². The van der Waals surface area contributed by atoms with Crippen molar-refractivity contribution in [2.24, 2.45) is 0 Å². The molecular weight excluding hydrogens is 273 g/mol. The molecule has 0 aliphatic heterocycles. The standard InChI is InChI=1S/C12H17BrFNO/c1-3-16-8-9(2)15-7-10-4-11(13)6-12(14)5-10/h4-6,9,15H,3,7-8H2,1-2H3. The number of ether oxygens (including phenoxy) is 1. The summed E-state index contributed by atoms with van der Waals surface area (Å²) in [6.07, 6.45) is 0. The van der Waals surface area contributed by atoms with Crippen molar-refractivity contribution in [3.63, 3.8) is 0 Å². The normalized spacial score (nSPS) is 12.8. The van der Waals surface area contributed by atoms with Gasteiger partial charge in [0, 0.05) is 23.7 Å². The molecule has 1 unspecified atom stereocenters. The highest BCUT2D eigenvalue weighted by Gasteiger charge is 2.03. The van der Waals surface area contributed by atoms with Crippen molar-refractivity contribution >= 4 is 15.9 Å². The van der Waals surface area contributed by atoms with Gasteiger partial charge >= 0.3 is 0 Å². The van der Waals surface area contributed by atoms with Crippen molar-refractivity contribution < 1.29 is 9.13 Å². The van der Waals surface area contributed by atoms with Crippen LogP contribution in [-0.2, 0) is 11.3 Å². The average molecular weight is 290 g/mol. The van der Waals surface area contributed by atoms with Crippen LogP contribution in [0.1, 0.15) is 19.4 Å². The number of hydrogen-bond acceptors (Lipinski definition) is 2. The van der Waals surface area contributed by atoms with E-state index in [1.54, 1.807) is 0 Å². The molecule has 16 heavy (non-hydrogen) atoms. The Hall–Kier alpha value is -0.450. The SMILES string of the molecule is CCOCC(C)NCc1cc(F)cc(Br)c1. The second-order valence-corrected chi connectivity index (χ2v) is 4.63. The van der Waals surface area contributed by atoms with Crippen LogP contribution < -0.4 is 5.32 Å². The molecule has 0 fully saturated rings. The maximum absolute atomic E-state index is 13.1. The predicted molar refractivity (Wildman–Crippen MR) is 66.9 cm³/mol. The molecule has 0 radical (unpaired) electrons. The zero-order chi connectivity index (χ0) is 12.0. The first kappa shape index (κ1) is 13.6. The van der Waals surface area contributed by atoms with E-state index in [4.69, 9.17) is 4.74 Å². The van der Waals surface area contributed by atoms with Crippen molar-refractivity contribution in [2.75, 3.05) is 13.2 Å². The second-order valence-electron chi connectivity index (χ2n) is 3.72. The van der Waals surface area contributed by atoms with Gasteiger partial charge in [-0.05, 0) is 37.6 Å². The minimum atomic E-state index is -0.219. The molecule has 0 aromatic heterocycles. The predicted octanol–water partition coefficient (Wildman–Crippen LogP) is 3.10. The van der Waals surface area contributed by atoms with E-state index in [0.29, 0.717) is 13.2 Å². The van der Waals surface area contributed by atoms with Gasteiger partial charge in [0.1, 0.15) is 5.82 Å². The molecule has 0 spiro atoms. The fraction of sp³-hybridized carbons (Fsp3) is 0.500. The van der Waals surface area contributed by atoms with Crippen LogP contribution in [0.5, 0.6) is 0 Å². The molecule has 0 heterocycles. The second kappa shape index (κ2) is 6.99. The molecule has 1 N–H and O–H groups in total. The lowest BCUT2D eigenvalue weighted by atomic mass is 10.2. The largest absolute Gasteiger partial charge is 0.380 e. The summed E-state index contributed by atoms with van der Waals surface area (Å²) in [5.74, 6) is -0.219. The molecule has 0 aliphatic carbocycles.